The third-order valence-corrected chi connectivity index (χ3v) is 5.89. The number of aromatic nitrogens is 2. The van der Waals surface area contributed by atoms with Crippen LogP contribution in [0.5, 0.6) is 11.6 Å². The fraction of sp³-hybridized carbons (Fsp3) is 0.346. The molecule has 2 heterocycles. The van der Waals surface area contributed by atoms with E-state index in [1.165, 1.54) is 24.8 Å². The van der Waals surface area contributed by atoms with Crippen LogP contribution in [-0.2, 0) is 0 Å². The van der Waals surface area contributed by atoms with E-state index in [9.17, 15) is 4.79 Å². The van der Waals surface area contributed by atoms with Crippen molar-refractivity contribution in [2.75, 3.05) is 26.2 Å². The van der Waals surface area contributed by atoms with Gasteiger partial charge in [-0.05, 0) is 63.0 Å². The molecule has 1 N–H and O–H groups in total. The summed E-state index contributed by atoms with van der Waals surface area (Å²) in [4.78, 5) is 24.4. The summed E-state index contributed by atoms with van der Waals surface area (Å²) < 4.78 is 6.10. The number of nitrogens with zero attached hydrogens (tertiary/aromatic N) is 3. The van der Waals surface area contributed by atoms with Crippen LogP contribution in [0.25, 0.3) is 11.4 Å². The fourth-order valence-corrected chi connectivity index (χ4v) is 3.82. The van der Waals surface area contributed by atoms with Crippen molar-refractivity contribution in [3.05, 3.63) is 71.4 Å². The normalized spacial score (nSPS) is 14.2. The molecule has 1 saturated heterocycles. The summed E-state index contributed by atoms with van der Waals surface area (Å²) in [5.41, 5.74) is 3.50. The van der Waals surface area contributed by atoms with Crippen molar-refractivity contribution in [2.24, 2.45) is 0 Å². The SMILES string of the molecule is Cc1ccc(Oc2nc(-c3ccccc3)ncc2C(=O)NCCN2CCCCC2)cc1C. The number of amides is 1. The first-order valence-electron chi connectivity index (χ1n) is 11.3. The highest BCUT2D eigenvalue weighted by atomic mass is 16.5. The van der Waals surface area contributed by atoms with Crippen molar-refractivity contribution in [3.63, 3.8) is 0 Å². The van der Waals surface area contributed by atoms with Gasteiger partial charge in [0.15, 0.2) is 5.82 Å². The molecular formula is C26H30N4O2. The zero-order valence-corrected chi connectivity index (χ0v) is 18.8. The minimum absolute atomic E-state index is 0.222. The van der Waals surface area contributed by atoms with Gasteiger partial charge >= 0.3 is 0 Å². The van der Waals surface area contributed by atoms with Crippen molar-refractivity contribution < 1.29 is 9.53 Å². The van der Waals surface area contributed by atoms with E-state index in [-0.39, 0.29) is 11.8 Å². The Morgan fingerprint density at radius 2 is 1.81 bits per heavy atom. The number of piperidine rings is 1. The van der Waals surface area contributed by atoms with Gasteiger partial charge in [0.05, 0.1) is 0 Å². The molecule has 0 aliphatic carbocycles. The van der Waals surface area contributed by atoms with E-state index in [4.69, 9.17) is 4.74 Å². The number of carbonyl (C=O) groups is 1. The zero-order chi connectivity index (χ0) is 22.3. The Kier molecular flexibility index (Phi) is 7.12. The van der Waals surface area contributed by atoms with Crippen LogP contribution in [0.2, 0.25) is 0 Å². The molecule has 166 valence electrons. The van der Waals surface area contributed by atoms with Crippen LogP contribution >= 0.6 is 0 Å². The minimum Gasteiger partial charge on any atom is -0.438 e. The predicted molar refractivity (Wildman–Crippen MR) is 126 cm³/mol. The summed E-state index contributed by atoms with van der Waals surface area (Å²) in [6.07, 6.45) is 5.32. The summed E-state index contributed by atoms with van der Waals surface area (Å²) in [6, 6.07) is 15.5. The molecule has 1 aliphatic rings. The highest BCUT2D eigenvalue weighted by Gasteiger charge is 2.18. The lowest BCUT2D eigenvalue weighted by Crippen LogP contribution is -2.37. The summed E-state index contributed by atoms with van der Waals surface area (Å²) >= 11 is 0. The first kappa shape index (κ1) is 22.0. The minimum atomic E-state index is -0.222. The molecule has 0 radical (unpaired) electrons. The molecule has 0 unspecified atom stereocenters. The van der Waals surface area contributed by atoms with Gasteiger partial charge in [0.1, 0.15) is 11.3 Å². The maximum absolute atomic E-state index is 13.0. The number of rotatable bonds is 7. The van der Waals surface area contributed by atoms with Crippen molar-refractivity contribution >= 4 is 5.91 Å². The molecule has 3 aromatic rings. The third-order valence-electron chi connectivity index (χ3n) is 5.89. The van der Waals surface area contributed by atoms with E-state index in [1.807, 2.05) is 55.5 Å². The van der Waals surface area contributed by atoms with Crippen molar-refractivity contribution in [1.82, 2.24) is 20.2 Å². The molecule has 1 fully saturated rings. The van der Waals surface area contributed by atoms with Gasteiger partial charge in [-0.25, -0.2) is 4.98 Å². The van der Waals surface area contributed by atoms with Crippen molar-refractivity contribution in [1.29, 1.82) is 0 Å². The maximum atomic E-state index is 13.0. The van der Waals surface area contributed by atoms with Crippen LogP contribution in [0.1, 0.15) is 40.7 Å². The smallest absolute Gasteiger partial charge is 0.258 e. The van der Waals surface area contributed by atoms with E-state index in [2.05, 4.69) is 27.1 Å². The number of benzene rings is 2. The first-order chi connectivity index (χ1) is 15.6. The lowest BCUT2D eigenvalue weighted by atomic mass is 10.1. The first-order valence-corrected chi connectivity index (χ1v) is 11.3. The molecule has 1 amide bonds. The van der Waals surface area contributed by atoms with Crippen LogP contribution in [0.3, 0.4) is 0 Å². The van der Waals surface area contributed by atoms with Crippen LogP contribution in [0.4, 0.5) is 0 Å². The quantitative estimate of drug-likeness (QED) is 0.585. The molecule has 0 atom stereocenters. The highest BCUT2D eigenvalue weighted by molar-refractivity contribution is 5.96. The molecule has 0 spiro atoms. The molecule has 32 heavy (non-hydrogen) atoms. The maximum Gasteiger partial charge on any atom is 0.258 e. The molecule has 0 saturated carbocycles. The third kappa shape index (κ3) is 5.51. The fourth-order valence-electron chi connectivity index (χ4n) is 3.82. The van der Waals surface area contributed by atoms with Crippen molar-refractivity contribution in [2.45, 2.75) is 33.1 Å². The van der Waals surface area contributed by atoms with Gasteiger partial charge in [-0.3, -0.25) is 4.79 Å². The molecule has 1 aliphatic heterocycles. The number of aryl methyl sites for hydroxylation is 2. The molecule has 1 aromatic heterocycles. The van der Waals surface area contributed by atoms with E-state index < -0.39 is 0 Å². The van der Waals surface area contributed by atoms with Gasteiger partial charge in [-0.15, -0.1) is 0 Å². The second kappa shape index (κ2) is 10.4. The monoisotopic (exact) mass is 430 g/mol. The van der Waals surface area contributed by atoms with Crippen molar-refractivity contribution in [3.8, 4) is 23.0 Å². The topological polar surface area (TPSA) is 67.3 Å². The molecule has 6 heteroatoms. The number of likely N-dealkylation sites (tertiary alicyclic amines) is 1. The van der Waals surface area contributed by atoms with Crippen LogP contribution in [0.15, 0.2) is 54.7 Å². The second-order valence-corrected chi connectivity index (χ2v) is 8.28. The number of hydrogen-bond acceptors (Lipinski definition) is 5. The Labute approximate surface area is 189 Å². The highest BCUT2D eigenvalue weighted by Crippen LogP contribution is 2.27. The number of ether oxygens (including phenoxy) is 1. The second-order valence-electron chi connectivity index (χ2n) is 8.28. The van der Waals surface area contributed by atoms with Crippen LogP contribution < -0.4 is 10.1 Å². The predicted octanol–water partition coefficient (Wildman–Crippen LogP) is 4.77. The van der Waals surface area contributed by atoms with E-state index >= 15 is 0 Å². The van der Waals surface area contributed by atoms with Gasteiger partial charge in [0.2, 0.25) is 5.88 Å². The molecule has 0 bridgehead atoms. The summed E-state index contributed by atoms with van der Waals surface area (Å²) in [5.74, 6) is 1.21. The van der Waals surface area contributed by atoms with Gasteiger partial charge < -0.3 is 15.0 Å². The number of carbonyl (C=O) groups excluding carboxylic acids is 1. The standard InChI is InChI=1S/C26H30N4O2/c1-19-11-12-22(17-20(19)2)32-26-23(18-28-24(29-26)21-9-5-3-6-10-21)25(31)27-13-16-30-14-7-4-8-15-30/h3,5-6,9-12,17-18H,4,7-8,13-16H2,1-2H3,(H,27,31). The summed E-state index contributed by atoms with van der Waals surface area (Å²) in [5, 5.41) is 3.01. The number of nitrogens with one attached hydrogen (secondary N) is 1. The van der Waals surface area contributed by atoms with Crippen LogP contribution in [0, 0.1) is 13.8 Å². The van der Waals surface area contributed by atoms with Gasteiger partial charge in [0.25, 0.3) is 5.91 Å². The van der Waals surface area contributed by atoms with Gasteiger partial charge in [-0.2, -0.15) is 4.98 Å². The molecular weight excluding hydrogens is 400 g/mol. The summed E-state index contributed by atoms with van der Waals surface area (Å²) in [7, 11) is 0. The van der Waals surface area contributed by atoms with E-state index in [0.717, 1.165) is 30.8 Å². The Morgan fingerprint density at radius 3 is 2.56 bits per heavy atom. The van der Waals surface area contributed by atoms with Crippen LogP contribution in [-0.4, -0.2) is 47.0 Å². The van der Waals surface area contributed by atoms with E-state index in [0.29, 0.717) is 23.7 Å². The molecule has 4 rings (SSSR count). The lowest BCUT2D eigenvalue weighted by molar-refractivity contribution is 0.0943. The average Bonchev–Trinajstić information content (AvgIpc) is 2.82. The lowest BCUT2D eigenvalue weighted by Gasteiger charge is -2.26. The Bertz CT molecular complexity index is 1060. The zero-order valence-electron chi connectivity index (χ0n) is 18.8. The Balaban J connectivity index is 1.55. The Morgan fingerprint density at radius 1 is 1.03 bits per heavy atom. The average molecular weight is 431 g/mol. The number of hydrogen-bond donors (Lipinski definition) is 1. The van der Waals surface area contributed by atoms with Gasteiger partial charge in [0, 0.05) is 24.8 Å². The Hall–Kier alpha value is -3.25. The molecule has 2 aromatic carbocycles. The summed E-state index contributed by atoms with van der Waals surface area (Å²) in [6.45, 7) is 7.73. The van der Waals surface area contributed by atoms with Gasteiger partial charge in [-0.1, -0.05) is 42.8 Å². The largest absolute Gasteiger partial charge is 0.438 e. The molecule has 6 nitrogen and oxygen atoms in total. The van der Waals surface area contributed by atoms with E-state index in [1.54, 1.807) is 6.20 Å².